The van der Waals surface area contributed by atoms with Crippen molar-refractivity contribution in [3.63, 3.8) is 0 Å². The first-order valence-corrected chi connectivity index (χ1v) is 6.32. The number of aliphatic hydroxyl groups is 1. The number of nitrogens with one attached hydrogen (secondary N) is 2. The highest BCUT2D eigenvalue weighted by Crippen LogP contribution is 2.09. The third-order valence-corrected chi connectivity index (χ3v) is 2.65. The number of amides is 2. The third-order valence-electron chi connectivity index (χ3n) is 2.65. The normalized spacial score (nSPS) is 11.7. The zero-order chi connectivity index (χ0) is 14.3. The lowest BCUT2D eigenvalue weighted by molar-refractivity contribution is -0.121. The summed E-state index contributed by atoms with van der Waals surface area (Å²) in [5.74, 6) is -0.251. The summed E-state index contributed by atoms with van der Waals surface area (Å²) in [4.78, 5) is 22.5. The van der Waals surface area contributed by atoms with Gasteiger partial charge in [0.25, 0.3) is 0 Å². The smallest absolute Gasteiger partial charge is 0.224 e. The van der Waals surface area contributed by atoms with E-state index < -0.39 is 6.10 Å². The zero-order valence-corrected chi connectivity index (χ0v) is 11.3. The molecule has 19 heavy (non-hydrogen) atoms. The highest BCUT2D eigenvalue weighted by molar-refractivity contribution is 5.88. The van der Waals surface area contributed by atoms with E-state index in [0.717, 1.165) is 5.56 Å². The van der Waals surface area contributed by atoms with Crippen molar-refractivity contribution in [2.75, 3.05) is 11.9 Å². The lowest BCUT2D eigenvalue weighted by atomic mass is 10.1. The van der Waals surface area contributed by atoms with Gasteiger partial charge in [-0.05, 0) is 24.1 Å². The predicted octanol–water partition coefficient (Wildman–Crippen LogP) is 1.07. The van der Waals surface area contributed by atoms with Crippen molar-refractivity contribution in [2.24, 2.45) is 0 Å². The molecule has 0 saturated heterocycles. The largest absolute Gasteiger partial charge is 0.391 e. The van der Waals surface area contributed by atoms with Gasteiger partial charge in [-0.2, -0.15) is 0 Å². The van der Waals surface area contributed by atoms with E-state index in [4.69, 9.17) is 0 Å². The number of benzene rings is 1. The van der Waals surface area contributed by atoms with Crippen LogP contribution < -0.4 is 10.6 Å². The van der Waals surface area contributed by atoms with Crippen molar-refractivity contribution in [1.82, 2.24) is 5.32 Å². The summed E-state index contributed by atoms with van der Waals surface area (Å²) in [6.07, 6.45) is 0.383. The van der Waals surface area contributed by atoms with Gasteiger partial charge in [0.05, 0.1) is 12.5 Å². The van der Waals surface area contributed by atoms with Crippen LogP contribution in [-0.4, -0.2) is 29.6 Å². The van der Waals surface area contributed by atoms with Crippen LogP contribution in [0.5, 0.6) is 0 Å². The molecule has 5 nitrogen and oxygen atoms in total. The van der Waals surface area contributed by atoms with Gasteiger partial charge in [0, 0.05) is 19.2 Å². The highest BCUT2D eigenvalue weighted by Gasteiger charge is 2.06. The molecule has 0 saturated carbocycles. The van der Waals surface area contributed by atoms with E-state index in [-0.39, 0.29) is 24.8 Å². The number of hydrogen-bond acceptors (Lipinski definition) is 3. The molecule has 1 unspecified atom stereocenters. The van der Waals surface area contributed by atoms with E-state index in [1.807, 2.05) is 6.92 Å². The molecule has 0 spiro atoms. The first kappa shape index (κ1) is 15.2. The Labute approximate surface area is 113 Å². The standard InChI is InChI=1S/C14H20N2O3/c1-3-13(18)9-15-14(19)8-11-4-6-12(7-5-11)16-10(2)17/h4-7,13,18H,3,8-9H2,1-2H3,(H,15,19)(H,16,17). The van der Waals surface area contributed by atoms with E-state index in [9.17, 15) is 14.7 Å². The molecule has 0 radical (unpaired) electrons. The molecule has 1 atom stereocenters. The Morgan fingerprint density at radius 1 is 1.26 bits per heavy atom. The first-order valence-electron chi connectivity index (χ1n) is 6.32. The van der Waals surface area contributed by atoms with Gasteiger partial charge in [0.15, 0.2) is 0 Å². The van der Waals surface area contributed by atoms with E-state index in [1.165, 1.54) is 6.92 Å². The molecule has 0 aromatic heterocycles. The van der Waals surface area contributed by atoms with Crippen LogP contribution in [0.2, 0.25) is 0 Å². The molecule has 1 aromatic carbocycles. The Balaban J connectivity index is 2.44. The fourth-order valence-electron chi connectivity index (χ4n) is 1.53. The topological polar surface area (TPSA) is 78.4 Å². The lowest BCUT2D eigenvalue weighted by Gasteiger charge is -2.09. The van der Waals surface area contributed by atoms with Gasteiger partial charge < -0.3 is 15.7 Å². The minimum absolute atomic E-state index is 0.125. The molecule has 1 rings (SSSR count). The number of carbonyl (C=O) groups is 2. The highest BCUT2D eigenvalue weighted by atomic mass is 16.3. The molecule has 3 N–H and O–H groups in total. The zero-order valence-electron chi connectivity index (χ0n) is 11.3. The van der Waals surface area contributed by atoms with Gasteiger partial charge in [0.1, 0.15) is 0 Å². The Kier molecular flexibility index (Phi) is 6.02. The molecule has 0 fully saturated rings. The second-order valence-electron chi connectivity index (χ2n) is 4.42. The molecule has 0 aliphatic carbocycles. The molecule has 0 aliphatic heterocycles. The van der Waals surface area contributed by atoms with Crippen molar-refractivity contribution >= 4 is 17.5 Å². The average Bonchev–Trinajstić information content (AvgIpc) is 2.37. The second-order valence-corrected chi connectivity index (χ2v) is 4.42. The fraction of sp³-hybridized carbons (Fsp3) is 0.429. The van der Waals surface area contributed by atoms with E-state index in [2.05, 4.69) is 10.6 Å². The maximum absolute atomic E-state index is 11.6. The van der Waals surface area contributed by atoms with Crippen molar-refractivity contribution in [1.29, 1.82) is 0 Å². The van der Waals surface area contributed by atoms with Gasteiger partial charge in [-0.1, -0.05) is 19.1 Å². The Hall–Kier alpha value is -1.88. The van der Waals surface area contributed by atoms with Crippen molar-refractivity contribution < 1.29 is 14.7 Å². The molecule has 0 aliphatic rings. The van der Waals surface area contributed by atoms with Gasteiger partial charge in [-0.25, -0.2) is 0 Å². The van der Waals surface area contributed by atoms with Gasteiger partial charge in [0.2, 0.25) is 11.8 Å². The van der Waals surface area contributed by atoms with E-state index in [1.54, 1.807) is 24.3 Å². The van der Waals surface area contributed by atoms with Gasteiger partial charge in [-0.15, -0.1) is 0 Å². The third kappa shape index (κ3) is 6.01. The summed E-state index contributed by atoms with van der Waals surface area (Å²) in [5.41, 5.74) is 1.57. The van der Waals surface area contributed by atoms with Crippen LogP contribution in [0, 0.1) is 0 Å². The monoisotopic (exact) mass is 264 g/mol. The SMILES string of the molecule is CCC(O)CNC(=O)Cc1ccc(NC(C)=O)cc1. The summed E-state index contributed by atoms with van der Waals surface area (Å²) in [5, 5.41) is 14.7. The van der Waals surface area contributed by atoms with Crippen LogP contribution >= 0.6 is 0 Å². The minimum Gasteiger partial charge on any atom is -0.391 e. The van der Waals surface area contributed by atoms with Crippen molar-refractivity contribution in [3.8, 4) is 0 Å². The Morgan fingerprint density at radius 2 is 1.89 bits per heavy atom. The summed E-state index contributed by atoms with van der Waals surface area (Å²) in [6.45, 7) is 3.58. The predicted molar refractivity (Wildman–Crippen MR) is 73.8 cm³/mol. The second kappa shape index (κ2) is 7.53. The average molecular weight is 264 g/mol. The molecule has 5 heteroatoms. The van der Waals surface area contributed by atoms with Gasteiger partial charge >= 0.3 is 0 Å². The molecular formula is C14H20N2O3. The summed E-state index contributed by atoms with van der Waals surface area (Å²) in [6, 6.07) is 7.10. The van der Waals surface area contributed by atoms with Crippen molar-refractivity contribution in [2.45, 2.75) is 32.8 Å². The van der Waals surface area contributed by atoms with E-state index >= 15 is 0 Å². The van der Waals surface area contributed by atoms with Crippen LogP contribution in [0.15, 0.2) is 24.3 Å². The van der Waals surface area contributed by atoms with Crippen LogP contribution in [0.4, 0.5) is 5.69 Å². The van der Waals surface area contributed by atoms with Gasteiger partial charge in [-0.3, -0.25) is 9.59 Å². The van der Waals surface area contributed by atoms with Crippen LogP contribution in [-0.2, 0) is 16.0 Å². The molecule has 0 heterocycles. The number of anilines is 1. The van der Waals surface area contributed by atoms with E-state index in [0.29, 0.717) is 12.1 Å². The van der Waals surface area contributed by atoms with Crippen molar-refractivity contribution in [3.05, 3.63) is 29.8 Å². The molecule has 2 amide bonds. The summed E-state index contributed by atoms with van der Waals surface area (Å²) in [7, 11) is 0. The van der Waals surface area contributed by atoms with Crippen LogP contribution in [0.3, 0.4) is 0 Å². The molecule has 1 aromatic rings. The number of hydrogen-bond donors (Lipinski definition) is 3. The Bertz CT molecular complexity index is 429. The first-order chi connectivity index (χ1) is 9.01. The van der Waals surface area contributed by atoms with Crippen LogP contribution in [0.25, 0.3) is 0 Å². The maximum atomic E-state index is 11.6. The quantitative estimate of drug-likeness (QED) is 0.719. The lowest BCUT2D eigenvalue weighted by Crippen LogP contribution is -2.32. The molecular weight excluding hydrogens is 244 g/mol. The summed E-state index contributed by atoms with van der Waals surface area (Å²) >= 11 is 0. The number of aliphatic hydroxyl groups excluding tert-OH is 1. The number of rotatable bonds is 6. The maximum Gasteiger partial charge on any atom is 0.224 e. The van der Waals surface area contributed by atoms with Crippen LogP contribution in [0.1, 0.15) is 25.8 Å². The fourth-order valence-corrected chi connectivity index (χ4v) is 1.53. The molecule has 104 valence electrons. The minimum atomic E-state index is -0.494. The molecule has 0 bridgehead atoms. The summed E-state index contributed by atoms with van der Waals surface area (Å²) < 4.78 is 0. The number of carbonyl (C=O) groups excluding carboxylic acids is 2. The Morgan fingerprint density at radius 3 is 2.42 bits per heavy atom.